The number of hydrogen-bond donors (Lipinski definition) is 2. The quantitative estimate of drug-likeness (QED) is 0.852. The van der Waals surface area contributed by atoms with Crippen molar-refractivity contribution in [3.63, 3.8) is 0 Å². The number of aliphatic hydroxyl groups excluding tert-OH is 2. The lowest BCUT2D eigenvalue weighted by Gasteiger charge is -2.19. The van der Waals surface area contributed by atoms with E-state index in [2.05, 4.69) is 0 Å². The topological polar surface area (TPSA) is 84.5 Å². The Balaban J connectivity index is 2.49. The van der Waals surface area contributed by atoms with Crippen LogP contribution in [0.4, 0.5) is 0 Å². The summed E-state index contributed by atoms with van der Waals surface area (Å²) in [5, 5.41) is 18.6. The van der Waals surface area contributed by atoms with E-state index in [1.165, 1.54) is 20.9 Å². The number of rotatable bonds is 4. The van der Waals surface area contributed by atoms with Crippen LogP contribution in [0.5, 0.6) is 0 Å². The second-order valence-corrected chi connectivity index (χ2v) is 6.97. The lowest BCUT2D eigenvalue weighted by Crippen LogP contribution is -2.42. The van der Waals surface area contributed by atoms with Crippen molar-refractivity contribution < 1.29 is 10.2 Å². The number of thioether (sulfide) groups is 1. The molecule has 2 heterocycles. The number of aryl methyl sites for hydroxylation is 1. The fourth-order valence-corrected chi connectivity index (χ4v) is 3.92. The van der Waals surface area contributed by atoms with Gasteiger partial charge in [-0.2, -0.15) is 0 Å². The van der Waals surface area contributed by atoms with Gasteiger partial charge >= 0.3 is 5.69 Å². The summed E-state index contributed by atoms with van der Waals surface area (Å²) in [6, 6.07) is -0.166. The molecule has 21 heavy (non-hydrogen) atoms. The molecule has 4 atom stereocenters. The summed E-state index contributed by atoms with van der Waals surface area (Å²) in [5.74, 6) is 0. The molecule has 118 valence electrons. The van der Waals surface area contributed by atoms with E-state index >= 15 is 0 Å². The van der Waals surface area contributed by atoms with Gasteiger partial charge in [0.25, 0.3) is 5.56 Å². The smallest absolute Gasteiger partial charge is 0.332 e. The monoisotopic (exact) mass is 314 g/mol. The maximum absolute atomic E-state index is 12.6. The van der Waals surface area contributed by atoms with E-state index in [9.17, 15) is 19.8 Å². The molecule has 1 aliphatic rings. The lowest BCUT2D eigenvalue weighted by atomic mass is 10.2. The minimum absolute atomic E-state index is 0.124. The highest BCUT2D eigenvalue weighted by molar-refractivity contribution is 8.00. The van der Waals surface area contributed by atoms with Gasteiger partial charge in [-0.15, -0.1) is 11.8 Å². The first kappa shape index (κ1) is 16.3. The zero-order chi connectivity index (χ0) is 15.7. The van der Waals surface area contributed by atoms with Gasteiger partial charge in [0.05, 0.1) is 23.3 Å². The SMILES string of the molecule is CCC(C)n1c(=O)c(C)cn(C2CC(O)C(CO)S2)c1=O. The Morgan fingerprint density at radius 2 is 2.14 bits per heavy atom. The summed E-state index contributed by atoms with van der Waals surface area (Å²) in [6.07, 6.45) is 2.01. The lowest BCUT2D eigenvalue weighted by molar-refractivity contribution is 0.137. The zero-order valence-electron chi connectivity index (χ0n) is 12.5. The van der Waals surface area contributed by atoms with E-state index in [0.717, 1.165) is 0 Å². The molecule has 1 aliphatic heterocycles. The van der Waals surface area contributed by atoms with Crippen LogP contribution in [-0.2, 0) is 0 Å². The van der Waals surface area contributed by atoms with Gasteiger partial charge in [-0.3, -0.25) is 13.9 Å². The zero-order valence-corrected chi connectivity index (χ0v) is 13.3. The van der Waals surface area contributed by atoms with Gasteiger partial charge < -0.3 is 10.2 Å². The van der Waals surface area contributed by atoms with Gasteiger partial charge in [0.2, 0.25) is 0 Å². The highest BCUT2D eigenvalue weighted by Crippen LogP contribution is 2.40. The van der Waals surface area contributed by atoms with E-state index in [1.54, 1.807) is 13.1 Å². The van der Waals surface area contributed by atoms with Crippen molar-refractivity contribution in [2.75, 3.05) is 6.61 Å². The Morgan fingerprint density at radius 3 is 2.67 bits per heavy atom. The molecule has 0 amide bonds. The predicted octanol–water partition coefficient (Wildman–Crippen LogP) is 0.647. The van der Waals surface area contributed by atoms with Crippen LogP contribution < -0.4 is 11.2 Å². The standard InChI is InChI=1S/C14H22N2O4S/c1-4-9(3)16-13(19)8(2)6-15(14(16)20)12-5-10(18)11(7-17)21-12/h6,9-12,17-18H,4-5,7H2,1-3H3. The molecule has 1 aromatic rings. The van der Waals surface area contributed by atoms with Gasteiger partial charge in [0.15, 0.2) is 0 Å². The molecular weight excluding hydrogens is 292 g/mol. The van der Waals surface area contributed by atoms with Gasteiger partial charge in [0.1, 0.15) is 0 Å². The first-order valence-electron chi connectivity index (χ1n) is 7.19. The Kier molecular flexibility index (Phi) is 4.95. The van der Waals surface area contributed by atoms with Crippen LogP contribution in [-0.4, -0.2) is 37.3 Å². The number of aliphatic hydroxyl groups is 2. The number of hydrogen-bond acceptors (Lipinski definition) is 5. The second-order valence-electron chi connectivity index (χ2n) is 5.55. The Morgan fingerprint density at radius 1 is 1.48 bits per heavy atom. The molecule has 0 saturated carbocycles. The van der Waals surface area contributed by atoms with Crippen LogP contribution in [0, 0.1) is 6.92 Å². The average Bonchev–Trinajstić information content (AvgIpc) is 2.83. The van der Waals surface area contributed by atoms with Gasteiger partial charge in [-0.1, -0.05) is 6.92 Å². The Labute approximate surface area is 127 Å². The molecular formula is C14H22N2O4S. The molecule has 4 unspecified atom stereocenters. The molecule has 0 aliphatic carbocycles. The highest BCUT2D eigenvalue weighted by atomic mass is 32.2. The summed E-state index contributed by atoms with van der Waals surface area (Å²) >= 11 is 1.38. The van der Waals surface area contributed by atoms with Crippen molar-refractivity contribution >= 4 is 11.8 Å². The van der Waals surface area contributed by atoms with E-state index in [4.69, 9.17) is 0 Å². The summed E-state index contributed by atoms with van der Waals surface area (Å²) in [4.78, 5) is 24.8. The van der Waals surface area contributed by atoms with Crippen molar-refractivity contribution in [3.05, 3.63) is 32.6 Å². The first-order valence-corrected chi connectivity index (χ1v) is 8.13. The van der Waals surface area contributed by atoms with E-state index in [-0.39, 0.29) is 34.5 Å². The fourth-order valence-electron chi connectivity index (χ4n) is 2.55. The molecule has 0 radical (unpaired) electrons. The first-order chi connectivity index (χ1) is 9.90. The number of aromatic nitrogens is 2. The van der Waals surface area contributed by atoms with Crippen molar-refractivity contribution in [1.29, 1.82) is 0 Å². The van der Waals surface area contributed by atoms with Crippen LogP contribution in [0.2, 0.25) is 0 Å². The summed E-state index contributed by atoms with van der Waals surface area (Å²) in [5.41, 5.74) is -0.0893. The van der Waals surface area contributed by atoms with Crippen molar-refractivity contribution in [1.82, 2.24) is 9.13 Å². The van der Waals surface area contributed by atoms with Gasteiger partial charge in [0, 0.05) is 24.2 Å². The van der Waals surface area contributed by atoms with Gasteiger partial charge in [-0.25, -0.2) is 4.79 Å². The highest BCUT2D eigenvalue weighted by Gasteiger charge is 2.35. The van der Waals surface area contributed by atoms with Gasteiger partial charge in [-0.05, 0) is 20.3 Å². The molecule has 1 fully saturated rings. The molecule has 0 spiro atoms. The molecule has 0 aromatic carbocycles. The Bertz CT molecular complexity index is 624. The third-order valence-corrected chi connectivity index (χ3v) is 5.59. The average molecular weight is 314 g/mol. The summed E-state index contributed by atoms with van der Waals surface area (Å²) in [6.45, 7) is 5.34. The Hall–Kier alpha value is -1.05. The normalized spacial score (nSPS) is 27.0. The summed E-state index contributed by atoms with van der Waals surface area (Å²) < 4.78 is 2.81. The molecule has 2 rings (SSSR count). The van der Waals surface area contributed by atoms with E-state index < -0.39 is 6.10 Å². The molecule has 1 saturated heterocycles. The van der Waals surface area contributed by atoms with Crippen LogP contribution in [0.25, 0.3) is 0 Å². The van der Waals surface area contributed by atoms with Crippen LogP contribution in [0.15, 0.2) is 15.8 Å². The third-order valence-electron chi connectivity index (χ3n) is 4.04. The molecule has 1 aromatic heterocycles. The van der Waals surface area contributed by atoms with Crippen LogP contribution in [0.1, 0.15) is 43.7 Å². The van der Waals surface area contributed by atoms with Crippen molar-refractivity contribution in [2.45, 2.75) is 56.4 Å². The minimum Gasteiger partial charge on any atom is -0.395 e. The van der Waals surface area contributed by atoms with Crippen LogP contribution >= 0.6 is 11.8 Å². The second kappa shape index (κ2) is 6.37. The predicted molar refractivity (Wildman–Crippen MR) is 82.8 cm³/mol. The maximum atomic E-state index is 12.6. The number of nitrogens with zero attached hydrogens (tertiary/aromatic N) is 2. The molecule has 0 bridgehead atoms. The summed E-state index contributed by atoms with van der Waals surface area (Å²) in [7, 11) is 0. The molecule has 2 N–H and O–H groups in total. The van der Waals surface area contributed by atoms with E-state index in [1.807, 2.05) is 13.8 Å². The third kappa shape index (κ3) is 2.95. The van der Waals surface area contributed by atoms with E-state index in [0.29, 0.717) is 18.4 Å². The maximum Gasteiger partial charge on any atom is 0.332 e. The van der Waals surface area contributed by atoms with Crippen molar-refractivity contribution in [3.8, 4) is 0 Å². The van der Waals surface area contributed by atoms with Crippen molar-refractivity contribution in [2.24, 2.45) is 0 Å². The fraction of sp³-hybridized carbons (Fsp3) is 0.714. The largest absolute Gasteiger partial charge is 0.395 e. The minimum atomic E-state index is -0.638. The molecule has 7 heteroatoms. The molecule has 6 nitrogen and oxygen atoms in total. The van der Waals surface area contributed by atoms with Crippen LogP contribution in [0.3, 0.4) is 0 Å².